The molecule has 0 aromatic heterocycles. The van der Waals surface area contributed by atoms with Gasteiger partial charge in [0.2, 0.25) is 10.8 Å². The van der Waals surface area contributed by atoms with E-state index in [4.69, 9.17) is 4.74 Å². The van der Waals surface area contributed by atoms with Gasteiger partial charge in [-0.25, -0.2) is 0 Å². The SMILES string of the molecule is O=C(C1CC1)N1CCCC2(COc3ccccc3[S+](=O)([O-])N2)C1. The van der Waals surface area contributed by atoms with E-state index >= 15 is 0 Å². The predicted octanol–water partition coefficient (Wildman–Crippen LogP) is 1.34. The monoisotopic (exact) mass is 336 g/mol. The minimum atomic E-state index is -3.65. The molecule has 6 nitrogen and oxygen atoms in total. The van der Waals surface area contributed by atoms with E-state index in [9.17, 15) is 13.6 Å². The van der Waals surface area contributed by atoms with Crippen LogP contribution in [0.15, 0.2) is 29.2 Å². The quantitative estimate of drug-likeness (QED) is 0.785. The van der Waals surface area contributed by atoms with E-state index in [2.05, 4.69) is 4.72 Å². The van der Waals surface area contributed by atoms with E-state index in [0.29, 0.717) is 25.3 Å². The number of rotatable bonds is 1. The van der Waals surface area contributed by atoms with Gasteiger partial charge in [0.25, 0.3) is 0 Å². The molecule has 2 unspecified atom stereocenters. The van der Waals surface area contributed by atoms with Gasteiger partial charge in [0.1, 0.15) is 12.1 Å². The van der Waals surface area contributed by atoms with Gasteiger partial charge < -0.3 is 14.2 Å². The zero-order valence-corrected chi connectivity index (χ0v) is 13.6. The van der Waals surface area contributed by atoms with Crippen LogP contribution in [0.3, 0.4) is 0 Å². The molecule has 1 saturated heterocycles. The minimum absolute atomic E-state index is 0.144. The molecule has 0 radical (unpaired) electrons. The highest BCUT2D eigenvalue weighted by atomic mass is 32.3. The smallest absolute Gasteiger partial charge is 0.225 e. The molecule has 4 rings (SSSR count). The lowest BCUT2D eigenvalue weighted by molar-refractivity contribution is -0.135. The molecule has 1 spiro atoms. The third-order valence-corrected chi connectivity index (χ3v) is 6.43. The Hall–Kier alpha value is -1.44. The number of nitrogens with zero attached hydrogens (tertiary/aromatic N) is 1. The topological polar surface area (TPSA) is 81.7 Å². The average Bonchev–Trinajstić information content (AvgIpc) is 3.37. The second kappa shape index (κ2) is 5.29. The van der Waals surface area contributed by atoms with Crippen molar-refractivity contribution in [3.63, 3.8) is 0 Å². The molecule has 1 aromatic rings. The third kappa shape index (κ3) is 2.77. The van der Waals surface area contributed by atoms with Crippen LogP contribution in [0.2, 0.25) is 0 Å². The first-order chi connectivity index (χ1) is 11.0. The summed E-state index contributed by atoms with van der Waals surface area (Å²) in [5, 5.41) is 0. The number of amides is 1. The lowest BCUT2D eigenvalue weighted by atomic mass is 9.90. The van der Waals surface area contributed by atoms with Crippen molar-refractivity contribution < 1.29 is 18.3 Å². The summed E-state index contributed by atoms with van der Waals surface area (Å²) in [5.41, 5.74) is -0.735. The van der Waals surface area contributed by atoms with E-state index in [1.54, 1.807) is 24.3 Å². The van der Waals surface area contributed by atoms with Crippen molar-refractivity contribution in [2.75, 3.05) is 19.7 Å². The molecule has 3 aliphatic rings. The van der Waals surface area contributed by atoms with E-state index < -0.39 is 15.9 Å². The Balaban J connectivity index is 1.62. The zero-order valence-electron chi connectivity index (χ0n) is 12.8. The van der Waals surface area contributed by atoms with Gasteiger partial charge in [-0.3, -0.25) is 4.79 Å². The van der Waals surface area contributed by atoms with E-state index in [0.717, 1.165) is 19.3 Å². The molecule has 1 aromatic carbocycles. The normalized spacial score (nSPS) is 33.7. The minimum Gasteiger partial charge on any atom is -0.593 e. The van der Waals surface area contributed by atoms with Crippen molar-refractivity contribution in [3.05, 3.63) is 24.3 Å². The number of piperidine rings is 1. The Morgan fingerprint density at radius 1 is 1.39 bits per heavy atom. The molecule has 2 atom stereocenters. The fourth-order valence-corrected chi connectivity index (χ4v) is 5.04. The number of para-hydroxylation sites is 1. The van der Waals surface area contributed by atoms with Crippen LogP contribution >= 0.6 is 0 Å². The summed E-state index contributed by atoms with van der Waals surface area (Å²) in [5.74, 6) is 0.679. The van der Waals surface area contributed by atoms with Gasteiger partial charge in [-0.05, 0) is 37.8 Å². The largest absolute Gasteiger partial charge is 0.593 e. The molecule has 2 aliphatic heterocycles. The maximum absolute atomic E-state index is 12.7. The first-order valence-electron chi connectivity index (χ1n) is 8.04. The number of benzene rings is 1. The molecule has 124 valence electrons. The highest BCUT2D eigenvalue weighted by Gasteiger charge is 2.48. The maximum Gasteiger partial charge on any atom is 0.225 e. The molecule has 1 N–H and O–H groups in total. The number of carbonyl (C=O) groups is 1. The van der Waals surface area contributed by atoms with Gasteiger partial charge >= 0.3 is 0 Å². The van der Waals surface area contributed by atoms with Crippen molar-refractivity contribution in [2.45, 2.75) is 36.1 Å². The lowest BCUT2D eigenvalue weighted by Crippen LogP contribution is -2.63. The molecule has 2 fully saturated rings. The van der Waals surface area contributed by atoms with Crippen LogP contribution in [0.5, 0.6) is 5.75 Å². The number of fused-ring (bicyclic) bond motifs is 1. The van der Waals surface area contributed by atoms with Gasteiger partial charge in [0.05, 0.1) is 0 Å². The molecule has 0 bridgehead atoms. The van der Waals surface area contributed by atoms with Gasteiger partial charge in [-0.1, -0.05) is 16.3 Å². The molecule has 2 heterocycles. The van der Waals surface area contributed by atoms with Crippen LogP contribution in [0.4, 0.5) is 0 Å². The second-order valence-corrected chi connectivity index (χ2v) is 8.41. The number of hydrogen-bond acceptors (Lipinski definition) is 4. The standard InChI is InChI=1S/C16H20N2O4S/c19-15(12-6-7-12)18-9-3-8-16(10-18)11-22-13-4-1-2-5-14(13)23(20,21)17-16/h1-2,4-5,12H,3,6-11H2,(H-,17,20,21). The summed E-state index contributed by atoms with van der Waals surface area (Å²) in [6.07, 6.45) is 3.36. The van der Waals surface area contributed by atoms with E-state index in [1.807, 2.05) is 4.90 Å². The van der Waals surface area contributed by atoms with E-state index in [-0.39, 0.29) is 23.3 Å². The van der Waals surface area contributed by atoms with Gasteiger partial charge in [-0.15, -0.1) is 4.72 Å². The molecule has 1 amide bonds. The predicted molar refractivity (Wildman–Crippen MR) is 83.4 cm³/mol. The fourth-order valence-electron chi connectivity index (χ4n) is 3.49. The summed E-state index contributed by atoms with van der Waals surface area (Å²) in [4.78, 5) is 14.3. The number of hydrogen-bond donors (Lipinski definition) is 1. The molecule has 7 heteroatoms. The van der Waals surface area contributed by atoms with Crippen molar-refractivity contribution >= 4 is 16.3 Å². The van der Waals surface area contributed by atoms with Gasteiger partial charge in [0.15, 0.2) is 16.1 Å². The summed E-state index contributed by atoms with van der Waals surface area (Å²) in [6.45, 7) is 1.33. The van der Waals surface area contributed by atoms with Crippen molar-refractivity contribution in [2.24, 2.45) is 5.92 Å². The highest BCUT2D eigenvalue weighted by molar-refractivity contribution is 7.96. The second-order valence-electron chi connectivity index (χ2n) is 6.76. The molecular weight excluding hydrogens is 316 g/mol. The fraction of sp³-hybridized carbons (Fsp3) is 0.562. The zero-order chi connectivity index (χ0) is 16.1. The van der Waals surface area contributed by atoms with Crippen LogP contribution in [0.25, 0.3) is 0 Å². The molecular formula is C16H20N2O4S. The molecule has 23 heavy (non-hydrogen) atoms. The lowest BCUT2D eigenvalue weighted by Gasteiger charge is -2.41. The van der Waals surface area contributed by atoms with Crippen molar-refractivity contribution in [3.8, 4) is 5.75 Å². The van der Waals surface area contributed by atoms with Crippen molar-refractivity contribution in [1.82, 2.24) is 9.62 Å². The van der Waals surface area contributed by atoms with Crippen LogP contribution in [-0.4, -0.2) is 40.6 Å². The van der Waals surface area contributed by atoms with Crippen LogP contribution < -0.4 is 9.46 Å². The van der Waals surface area contributed by atoms with Crippen LogP contribution in [0, 0.1) is 5.92 Å². The highest BCUT2D eigenvalue weighted by Crippen LogP contribution is 2.37. The Morgan fingerprint density at radius 2 is 2.17 bits per heavy atom. The third-order valence-electron chi connectivity index (χ3n) is 4.81. The van der Waals surface area contributed by atoms with Crippen LogP contribution in [-0.2, 0) is 19.4 Å². The summed E-state index contributed by atoms with van der Waals surface area (Å²) >= 11 is 0. The van der Waals surface area contributed by atoms with Crippen molar-refractivity contribution in [1.29, 1.82) is 0 Å². The maximum atomic E-state index is 12.7. The first kappa shape index (κ1) is 15.1. The van der Waals surface area contributed by atoms with Gasteiger partial charge in [0, 0.05) is 19.0 Å². The van der Waals surface area contributed by atoms with E-state index in [1.165, 1.54) is 0 Å². The average molecular weight is 336 g/mol. The number of carbonyl (C=O) groups excluding carboxylic acids is 1. The summed E-state index contributed by atoms with van der Waals surface area (Å²) < 4.78 is 34.0. The van der Waals surface area contributed by atoms with Crippen LogP contribution in [0.1, 0.15) is 25.7 Å². The number of nitrogens with one attached hydrogen (secondary N) is 1. The van der Waals surface area contributed by atoms with Gasteiger partial charge in [-0.2, -0.15) is 0 Å². The Labute approximate surface area is 136 Å². The Bertz CT molecular complexity index is 690. The molecule has 1 aliphatic carbocycles. The summed E-state index contributed by atoms with van der Waals surface area (Å²) in [6, 6.07) is 6.66. The Kier molecular flexibility index (Phi) is 3.48. The Morgan fingerprint density at radius 3 is 2.96 bits per heavy atom. The number of likely N-dealkylation sites (tertiary alicyclic amines) is 1. The first-order valence-corrected chi connectivity index (χ1v) is 9.52. The number of sulfonamides is 1. The molecule has 1 saturated carbocycles. The summed E-state index contributed by atoms with van der Waals surface area (Å²) in [7, 11) is -3.65. The number of ether oxygens (including phenoxy) is 1.